The van der Waals surface area contributed by atoms with Crippen LogP contribution in [0.5, 0.6) is 0 Å². The largest absolute Gasteiger partial charge is 0.327 e. The minimum absolute atomic E-state index is 0.560. The van der Waals surface area contributed by atoms with Crippen molar-refractivity contribution in [3.8, 4) is 0 Å². The molecule has 0 aliphatic rings. The SMILES string of the molecule is C=C(CN)CN(C)Cc1ccc(Br)cc1. The van der Waals surface area contributed by atoms with Gasteiger partial charge >= 0.3 is 0 Å². The number of likely N-dealkylation sites (N-methyl/N-ethyl adjacent to an activating group) is 1. The van der Waals surface area contributed by atoms with Crippen molar-refractivity contribution in [1.82, 2.24) is 4.90 Å². The average molecular weight is 269 g/mol. The fourth-order valence-corrected chi connectivity index (χ4v) is 1.67. The van der Waals surface area contributed by atoms with Crippen LogP contribution in [-0.2, 0) is 6.54 Å². The second-order valence-corrected chi connectivity index (χ2v) is 4.67. The van der Waals surface area contributed by atoms with Crippen molar-refractivity contribution in [1.29, 1.82) is 0 Å². The normalized spacial score (nSPS) is 10.7. The van der Waals surface area contributed by atoms with Crippen LogP contribution >= 0.6 is 15.9 Å². The highest BCUT2D eigenvalue weighted by molar-refractivity contribution is 9.10. The van der Waals surface area contributed by atoms with Crippen molar-refractivity contribution < 1.29 is 0 Å². The lowest BCUT2D eigenvalue weighted by molar-refractivity contribution is 0.354. The molecule has 2 nitrogen and oxygen atoms in total. The van der Waals surface area contributed by atoms with Crippen molar-refractivity contribution in [3.63, 3.8) is 0 Å². The van der Waals surface area contributed by atoms with E-state index in [0.717, 1.165) is 23.1 Å². The van der Waals surface area contributed by atoms with Gasteiger partial charge in [-0.1, -0.05) is 34.6 Å². The molecule has 0 amide bonds. The third-order valence-corrected chi connectivity index (χ3v) is 2.68. The molecule has 0 radical (unpaired) electrons. The molecule has 0 unspecified atom stereocenters. The second-order valence-electron chi connectivity index (χ2n) is 3.75. The Kier molecular flexibility index (Phi) is 5.02. The fraction of sp³-hybridized carbons (Fsp3) is 0.333. The number of benzene rings is 1. The summed E-state index contributed by atoms with van der Waals surface area (Å²) in [7, 11) is 2.07. The molecule has 1 aromatic carbocycles. The van der Waals surface area contributed by atoms with Crippen LogP contribution < -0.4 is 5.73 Å². The van der Waals surface area contributed by atoms with Gasteiger partial charge in [0.25, 0.3) is 0 Å². The van der Waals surface area contributed by atoms with Gasteiger partial charge in [-0.3, -0.25) is 4.90 Å². The third kappa shape index (κ3) is 4.60. The predicted octanol–water partition coefficient (Wildman–Crippen LogP) is 2.40. The van der Waals surface area contributed by atoms with E-state index in [1.54, 1.807) is 0 Å². The Morgan fingerprint density at radius 2 is 2.00 bits per heavy atom. The molecule has 0 aromatic heterocycles. The summed E-state index contributed by atoms with van der Waals surface area (Å²) in [6, 6.07) is 8.35. The number of hydrogen-bond acceptors (Lipinski definition) is 2. The Morgan fingerprint density at radius 3 is 2.53 bits per heavy atom. The molecule has 1 aromatic rings. The molecular formula is C12H17BrN2. The molecule has 0 spiro atoms. The first kappa shape index (κ1) is 12.4. The molecule has 82 valence electrons. The van der Waals surface area contributed by atoms with Gasteiger partial charge in [0, 0.05) is 24.1 Å². The van der Waals surface area contributed by atoms with Crippen molar-refractivity contribution in [2.45, 2.75) is 6.54 Å². The van der Waals surface area contributed by atoms with E-state index in [1.807, 2.05) is 0 Å². The minimum Gasteiger partial charge on any atom is -0.327 e. The molecule has 3 heteroatoms. The summed E-state index contributed by atoms with van der Waals surface area (Å²) in [6.45, 7) is 6.23. The Hall–Kier alpha value is -0.640. The lowest BCUT2D eigenvalue weighted by Gasteiger charge is -2.17. The summed E-state index contributed by atoms with van der Waals surface area (Å²) in [5, 5.41) is 0. The highest BCUT2D eigenvalue weighted by atomic mass is 79.9. The number of nitrogens with zero attached hydrogens (tertiary/aromatic N) is 1. The summed E-state index contributed by atoms with van der Waals surface area (Å²) >= 11 is 3.42. The van der Waals surface area contributed by atoms with Gasteiger partial charge in [0.1, 0.15) is 0 Å². The molecule has 0 saturated carbocycles. The van der Waals surface area contributed by atoms with E-state index < -0.39 is 0 Å². The van der Waals surface area contributed by atoms with Crippen LogP contribution in [0.2, 0.25) is 0 Å². The van der Waals surface area contributed by atoms with E-state index in [9.17, 15) is 0 Å². The van der Waals surface area contributed by atoms with Gasteiger partial charge in [-0.25, -0.2) is 0 Å². The van der Waals surface area contributed by atoms with Gasteiger partial charge < -0.3 is 5.73 Å². The average Bonchev–Trinajstić information content (AvgIpc) is 2.21. The van der Waals surface area contributed by atoms with Crippen molar-refractivity contribution in [3.05, 3.63) is 46.5 Å². The predicted molar refractivity (Wildman–Crippen MR) is 68.7 cm³/mol. The van der Waals surface area contributed by atoms with E-state index in [1.165, 1.54) is 5.56 Å². The topological polar surface area (TPSA) is 29.3 Å². The molecule has 0 aliphatic heterocycles. The standard InChI is InChI=1S/C12H17BrN2/c1-10(7-14)8-15(2)9-11-3-5-12(13)6-4-11/h3-6H,1,7-9,14H2,2H3. The Labute approximate surface area is 99.9 Å². The van der Waals surface area contributed by atoms with Gasteiger partial charge in [0.2, 0.25) is 0 Å². The van der Waals surface area contributed by atoms with Crippen LogP contribution in [0, 0.1) is 0 Å². The molecule has 0 atom stereocenters. The molecule has 0 saturated heterocycles. The highest BCUT2D eigenvalue weighted by Gasteiger charge is 2.01. The lowest BCUT2D eigenvalue weighted by atomic mass is 10.2. The van der Waals surface area contributed by atoms with Crippen LogP contribution in [0.1, 0.15) is 5.56 Å². The first-order valence-corrected chi connectivity index (χ1v) is 5.71. The number of halogens is 1. The van der Waals surface area contributed by atoms with Crippen molar-refractivity contribution >= 4 is 15.9 Å². The van der Waals surface area contributed by atoms with Gasteiger partial charge in [-0.15, -0.1) is 0 Å². The maximum Gasteiger partial charge on any atom is 0.0234 e. The summed E-state index contributed by atoms with van der Waals surface area (Å²) < 4.78 is 1.11. The number of rotatable bonds is 5. The molecule has 0 aliphatic carbocycles. The van der Waals surface area contributed by atoms with Gasteiger partial charge in [0.05, 0.1) is 0 Å². The van der Waals surface area contributed by atoms with Crippen LogP contribution in [-0.4, -0.2) is 25.0 Å². The first-order valence-electron chi connectivity index (χ1n) is 4.91. The first-order chi connectivity index (χ1) is 7.11. The molecule has 15 heavy (non-hydrogen) atoms. The maximum absolute atomic E-state index is 5.50. The lowest BCUT2D eigenvalue weighted by Crippen LogP contribution is -2.23. The number of nitrogens with two attached hydrogens (primary N) is 1. The summed E-state index contributed by atoms with van der Waals surface area (Å²) in [5.41, 5.74) is 7.86. The summed E-state index contributed by atoms with van der Waals surface area (Å²) in [5.74, 6) is 0. The van der Waals surface area contributed by atoms with E-state index in [-0.39, 0.29) is 0 Å². The molecule has 2 N–H and O–H groups in total. The van der Waals surface area contributed by atoms with Crippen molar-refractivity contribution in [2.24, 2.45) is 5.73 Å². The van der Waals surface area contributed by atoms with Crippen molar-refractivity contribution in [2.75, 3.05) is 20.1 Å². The molecule has 0 fully saturated rings. The Bertz CT molecular complexity index is 319. The van der Waals surface area contributed by atoms with E-state index in [4.69, 9.17) is 5.73 Å². The van der Waals surface area contributed by atoms with Crippen LogP contribution in [0.3, 0.4) is 0 Å². The maximum atomic E-state index is 5.50. The summed E-state index contributed by atoms with van der Waals surface area (Å²) in [4.78, 5) is 2.21. The zero-order valence-corrected chi connectivity index (χ0v) is 10.6. The molecular weight excluding hydrogens is 252 g/mol. The van der Waals surface area contributed by atoms with E-state index in [0.29, 0.717) is 6.54 Å². The van der Waals surface area contributed by atoms with E-state index >= 15 is 0 Å². The molecule has 1 rings (SSSR count). The Morgan fingerprint density at radius 1 is 1.40 bits per heavy atom. The highest BCUT2D eigenvalue weighted by Crippen LogP contribution is 2.11. The van der Waals surface area contributed by atoms with Gasteiger partial charge in [-0.05, 0) is 30.3 Å². The second kappa shape index (κ2) is 6.05. The Balaban J connectivity index is 2.47. The summed E-state index contributed by atoms with van der Waals surface area (Å²) in [6.07, 6.45) is 0. The van der Waals surface area contributed by atoms with Gasteiger partial charge in [0.15, 0.2) is 0 Å². The van der Waals surface area contributed by atoms with Gasteiger partial charge in [-0.2, -0.15) is 0 Å². The van der Waals surface area contributed by atoms with E-state index in [2.05, 4.69) is 58.7 Å². The monoisotopic (exact) mass is 268 g/mol. The zero-order chi connectivity index (χ0) is 11.3. The smallest absolute Gasteiger partial charge is 0.0234 e. The van der Waals surface area contributed by atoms with Crippen LogP contribution in [0.25, 0.3) is 0 Å². The quantitative estimate of drug-likeness (QED) is 0.832. The number of hydrogen-bond donors (Lipinski definition) is 1. The molecule has 0 bridgehead atoms. The van der Waals surface area contributed by atoms with Crippen LogP contribution in [0.4, 0.5) is 0 Å². The fourth-order valence-electron chi connectivity index (χ4n) is 1.40. The zero-order valence-electron chi connectivity index (χ0n) is 9.04. The molecule has 0 heterocycles. The minimum atomic E-state index is 0.560. The van der Waals surface area contributed by atoms with Crippen LogP contribution in [0.15, 0.2) is 40.9 Å². The third-order valence-electron chi connectivity index (χ3n) is 2.15.